The van der Waals surface area contributed by atoms with E-state index in [1.54, 1.807) is 0 Å². The first-order valence-corrected chi connectivity index (χ1v) is 10.1. The highest BCUT2D eigenvalue weighted by Crippen LogP contribution is 2.26. The first-order valence-electron chi connectivity index (χ1n) is 10.1. The average molecular weight is 409 g/mol. The molecule has 1 aliphatic rings. The van der Waals surface area contributed by atoms with E-state index in [0.717, 1.165) is 24.1 Å². The normalized spacial score (nSPS) is 18.0. The lowest BCUT2D eigenvalue weighted by Crippen LogP contribution is -2.21. The van der Waals surface area contributed by atoms with Crippen LogP contribution in [0, 0.1) is 0 Å². The summed E-state index contributed by atoms with van der Waals surface area (Å²) in [6.45, 7) is 2.57. The van der Waals surface area contributed by atoms with Gasteiger partial charge in [0.05, 0.1) is 18.4 Å². The van der Waals surface area contributed by atoms with Gasteiger partial charge < -0.3 is 14.0 Å². The molecular weight excluding hydrogens is 386 g/mol. The van der Waals surface area contributed by atoms with Crippen LogP contribution in [0.15, 0.2) is 55.6 Å². The van der Waals surface area contributed by atoms with Gasteiger partial charge in [-0.25, -0.2) is 4.79 Å². The van der Waals surface area contributed by atoms with Crippen molar-refractivity contribution in [2.24, 2.45) is 5.16 Å². The molecule has 0 spiro atoms. The monoisotopic (exact) mass is 409 g/mol. The van der Waals surface area contributed by atoms with Crippen molar-refractivity contribution in [1.29, 1.82) is 0 Å². The first kappa shape index (κ1) is 20.0. The number of rotatable bonds is 6. The van der Waals surface area contributed by atoms with Crippen LogP contribution in [-0.4, -0.2) is 22.3 Å². The van der Waals surface area contributed by atoms with Gasteiger partial charge in [-0.3, -0.25) is 9.78 Å². The number of nitrogens with zero attached hydrogens (tertiary/aromatic N) is 2. The highest BCUT2D eigenvalue weighted by Gasteiger charge is 2.21. The van der Waals surface area contributed by atoms with Crippen LogP contribution in [0.2, 0.25) is 0 Å². The molecule has 4 rings (SSSR count). The Kier molecular flexibility index (Phi) is 6.04. The van der Waals surface area contributed by atoms with E-state index in [-0.39, 0.29) is 23.2 Å². The third kappa shape index (κ3) is 4.49. The van der Waals surface area contributed by atoms with E-state index in [1.807, 2.05) is 37.3 Å². The Bertz CT molecular complexity index is 1170. The standard InChI is InChI=1S/C22H23N3O5/c1-2-3-7-15-12-18(26)29-21-19(15)20(27)23-22(24-21)30-25-16-10-11-28-17(13-16)14-8-5-4-6-9-14/h4-6,8-9,12,17H,2-3,7,10-11,13H2,1H3,(H,23,24,27). The zero-order valence-corrected chi connectivity index (χ0v) is 16.7. The van der Waals surface area contributed by atoms with Gasteiger partial charge in [-0.05, 0) is 24.0 Å². The Morgan fingerprint density at radius 1 is 1.27 bits per heavy atom. The molecule has 0 saturated carbocycles. The highest BCUT2D eigenvalue weighted by molar-refractivity contribution is 5.85. The Labute approximate surface area is 172 Å². The van der Waals surface area contributed by atoms with Gasteiger partial charge in [-0.15, -0.1) is 0 Å². The summed E-state index contributed by atoms with van der Waals surface area (Å²) in [6.07, 6.45) is 3.51. The summed E-state index contributed by atoms with van der Waals surface area (Å²) in [5, 5.41) is 4.43. The van der Waals surface area contributed by atoms with Gasteiger partial charge in [0.2, 0.25) is 5.71 Å². The molecule has 1 unspecified atom stereocenters. The summed E-state index contributed by atoms with van der Waals surface area (Å²) in [5.41, 5.74) is 1.50. The molecule has 3 heterocycles. The summed E-state index contributed by atoms with van der Waals surface area (Å²) in [5.74, 6) is 0. The number of oxime groups is 1. The number of benzene rings is 1. The Balaban J connectivity index is 1.57. The van der Waals surface area contributed by atoms with Crippen molar-refractivity contribution in [1.82, 2.24) is 9.97 Å². The van der Waals surface area contributed by atoms with E-state index in [0.29, 0.717) is 31.4 Å². The van der Waals surface area contributed by atoms with E-state index in [4.69, 9.17) is 14.0 Å². The molecule has 1 atom stereocenters. The number of ether oxygens (including phenoxy) is 1. The van der Waals surface area contributed by atoms with Crippen LogP contribution in [0.4, 0.5) is 0 Å². The van der Waals surface area contributed by atoms with Gasteiger partial charge in [0, 0.05) is 18.9 Å². The van der Waals surface area contributed by atoms with Gasteiger partial charge in [0.1, 0.15) is 5.39 Å². The number of aromatic nitrogens is 2. The van der Waals surface area contributed by atoms with Gasteiger partial charge in [-0.2, -0.15) is 4.98 Å². The molecule has 8 heteroatoms. The van der Waals surface area contributed by atoms with Gasteiger partial charge in [0.15, 0.2) is 0 Å². The predicted octanol–water partition coefficient (Wildman–Crippen LogP) is 3.51. The van der Waals surface area contributed by atoms with Crippen LogP contribution in [0.1, 0.15) is 49.8 Å². The smallest absolute Gasteiger partial charge is 0.337 e. The molecular formula is C22H23N3O5. The molecule has 1 saturated heterocycles. The van der Waals surface area contributed by atoms with Crippen LogP contribution in [0.3, 0.4) is 0 Å². The van der Waals surface area contributed by atoms with Gasteiger partial charge in [-0.1, -0.05) is 48.8 Å². The largest absolute Gasteiger partial charge is 0.403 e. The molecule has 2 aromatic heterocycles. The lowest BCUT2D eigenvalue weighted by molar-refractivity contribution is 0.0483. The van der Waals surface area contributed by atoms with Crippen LogP contribution in [0.5, 0.6) is 6.01 Å². The van der Waals surface area contributed by atoms with Crippen molar-refractivity contribution in [3.05, 3.63) is 68.3 Å². The Hall–Kier alpha value is -3.26. The molecule has 0 bridgehead atoms. The second-order valence-corrected chi connectivity index (χ2v) is 7.22. The molecule has 156 valence electrons. The summed E-state index contributed by atoms with van der Waals surface area (Å²) in [6, 6.07) is 11.1. The highest BCUT2D eigenvalue weighted by atomic mass is 16.6. The molecule has 0 amide bonds. The predicted molar refractivity (Wildman–Crippen MR) is 112 cm³/mol. The first-order chi connectivity index (χ1) is 14.6. The van der Waals surface area contributed by atoms with E-state index in [2.05, 4.69) is 15.1 Å². The number of aryl methyl sites for hydroxylation is 1. The fourth-order valence-electron chi connectivity index (χ4n) is 3.50. The van der Waals surface area contributed by atoms with Crippen LogP contribution >= 0.6 is 0 Å². The van der Waals surface area contributed by atoms with Crippen LogP contribution in [-0.2, 0) is 11.2 Å². The van der Waals surface area contributed by atoms with E-state index in [9.17, 15) is 9.59 Å². The van der Waals surface area contributed by atoms with Crippen molar-refractivity contribution < 1.29 is 14.0 Å². The SMILES string of the molecule is CCCCc1cc(=O)oc2nc(ON=C3CCOC(c4ccccc4)C3)[nH]c(=O)c12. The number of hydrogen-bond acceptors (Lipinski definition) is 7. The van der Waals surface area contributed by atoms with Crippen molar-refractivity contribution in [3.63, 3.8) is 0 Å². The van der Waals surface area contributed by atoms with Gasteiger partial charge >= 0.3 is 11.6 Å². The molecule has 30 heavy (non-hydrogen) atoms. The minimum atomic E-state index is -0.543. The fraction of sp³-hybridized carbons (Fsp3) is 0.364. The third-order valence-corrected chi connectivity index (χ3v) is 5.04. The van der Waals surface area contributed by atoms with Crippen LogP contribution < -0.4 is 16.0 Å². The molecule has 3 aromatic rings. The fourth-order valence-corrected chi connectivity index (χ4v) is 3.50. The number of nitrogens with one attached hydrogen (secondary N) is 1. The van der Waals surface area contributed by atoms with E-state index < -0.39 is 11.2 Å². The number of aromatic amines is 1. The van der Waals surface area contributed by atoms with Crippen molar-refractivity contribution in [3.8, 4) is 6.01 Å². The van der Waals surface area contributed by atoms with Gasteiger partial charge in [0.25, 0.3) is 5.56 Å². The maximum Gasteiger partial charge on any atom is 0.337 e. The molecule has 1 N–H and O–H groups in total. The average Bonchev–Trinajstić information content (AvgIpc) is 2.76. The topological polar surface area (TPSA) is 107 Å². The Morgan fingerprint density at radius 2 is 2.10 bits per heavy atom. The summed E-state index contributed by atoms with van der Waals surface area (Å²) >= 11 is 0. The number of H-pyrrole nitrogens is 1. The second kappa shape index (κ2) is 9.04. The quantitative estimate of drug-likeness (QED) is 0.625. The lowest BCUT2D eigenvalue weighted by atomic mass is 10.0. The Morgan fingerprint density at radius 3 is 2.90 bits per heavy atom. The van der Waals surface area contributed by atoms with Crippen molar-refractivity contribution >= 4 is 16.8 Å². The number of fused-ring (bicyclic) bond motifs is 1. The summed E-state index contributed by atoms with van der Waals surface area (Å²) < 4.78 is 11.0. The van der Waals surface area contributed by atoms with Crippen molar-refractivity contribution in [2.45, 2.75) is 45.1 Å². The molecule has 0 radical (unpaired) electrons. The molecule has 1 fully saturated rings. The molecule has 1 aliphatic heterocycles. The summed E-state index contributed by atoms with van der Waals surface area (Å²) in [4.78, 5) is 36.5. The van der Waals surface area contributed by atoms with E-state index >= 15 is 0 Å². The summed E-state index contributed by atoms with van der Waals surface area (Å²) in [7, 11) is 0. The minimum absolute atomic E-state index is 0.0401. The maximum absolute atomic E-state index is 12.6. The van der Waals surface area contributed by atoms with Crippen LogP contribution in [0.25, 0.3) is 11.1 Å². The zero-order chi connectivity index (χ0) is 20.9. The minimum Gasteiger partial charge on any atom is -0.403 e. The number of unbranched alkanes of at least 4 members (excludes halogenated alkanes) is 1. The number of hydrogen-bond donors (Lipinski definition) is 1. The third-order valence-electron chi connectivity index (χ3n) is 5.04. The molecule has 0 aliphatic carbocycles. The zero-order valence-electron chi connectivity index (χ0n) is 16.7. The second-order valence-electron chi connectivity index (χ2n) is 7.22. The molecule has 8 nitrogen and oxygen atoms in total. The van der Waals surface area contributed by atoms with E-state index in [1.165, 1.54) is 6.07 Å². The van der Waals surface area contributed by atoms with Crippen molar-refractivity contribution in [2.75, 3.05) is 6.61 Å². The molecule has 1 aromatic carbocycles. The maximum atomic E-state index is 12.6. The lowest BCUT2D eigenvalue weighted by Gasteiger charge is -2.23.